The summed E-state index contributed by atoms with van der Waals surface area (Å²) in [5.41, 5.74) is 9.34. The Labute approximate surface area is 278 Å². The fourth-order valence-electron chi connectivity index (χ4n) is 6.41. The van der Waals surface area contributed by atoms with Crippen molar-refractivity contribution in [1.82, 2.24) is 9.38 Å². The number of nitrogens with zero attached hydrogens (tertiary/aromatic N) is 3. The Morgan fingerprint density at radius 2 is 1.81 bits per heavy atom. The molecule has 11 heteroatoms. The van der Waals surface area contributed by atoms with Crippen LogP contribution in [0.4, 0.5) is 14.6 Å². The molecule has 7 rings (SSSR count). The zero-order valence-corrected chi connectivity index (χ0v) is 27.9. The number of rotatable bonds is 3. The monoisotopic (exact) mass is 660 g/mol. The number of hydrogen-bond acceptors (Lipinski definition) is 7. The molecule has 0 radical (unpaired) electrons. The molecule has 6 bridgehead atoms. The summed E-state index contributed by atoms with van der Waals surface area (Å²) in [5.74, 6) is -2.30. The first-order valence-corrected chi connectivity index (χ1v) is 16.2. The molecule has 1 saturated heterocycles. The number of halogens is 2. The molecule has 2 aromatic heterocycles. The lowest BCUT2D eigenvalue weighted by molar-refractivity contribution is -0.160. The summed E-state index contributed by atoms with van der Waals surface area (Å²) in [4.78, 5) is 20.0. The van der Waals surface area contributed by atoms with Crippen molar-refractivity contribution >= 4 is 17.4 Å². The van der Waals surface area contributed by atoms with E-state index < -0.39 is 41.1 Å². The van der Waals surface area contributed by atoms with E-state index in [0.717, 1.165) is 23.3 Å². The van der Waals surface area contributed by atoms with Gasteiger partial charge in [-0.3, -0.25) is 10.1 Å². The quantitative estimate of drug-likeness (QED) is 0.222. The maximum atomic E-state index is 14.6. The number of hydrogen-bond donors (Lipinski definition) is 2. The van der Waals surface area contributed by atoms with Crippen LogP contribution < -0.4 is 15.4 Å². The Hall–Kier alpha value is -4.32. The minimum Gasteiger partial charge on any atom is -0.479 e. The Kier molecular flexibility index (Phi) is 9.06. The lowest BCUT2D eigenvalue weighted by Crippen LogP contribution is -2.45. The van der Waals surface area contributed by atoms with E-state index in [1.807, 2.05) is 74.7 Å². The number of aliphatic carboxylic acids is 1. The molecule has 254 valence electrons. The van der Waals surface area contributed by atoms with Gasteiger partial charge < -0.3 is 24.2 Å². The molecule has 1 fully saturated rings. The summed E-state index contributed by atoms with van der Waals surface area (Å²) in [6, 6.07) is 11.3. The van der Waals surface area contributed by atoms with Crippen LogP contribution in [0.1, 0.15) is 64.2 Å². The van der Waals surface area contributed by atoms with Crippen LogP contribution in [0.5, 0.6) is 5.75 Å². The number of carboxylic acids is 1. The van der Waals surface area contributed by atoms with Crippen molar-refractivity contribution in [1.29, 1.82) is 0 Å². The highest BCUT2D eigenvalue weighted by molar-refractivity contribution is 5.80. The van der Waals surface area contributed by atoms with Gasteiger partial charge in [-0.1, -0.05) is 30.4 Å². The highest BCUT2D eigenvalue weighted by Gasteiger charge is 2.37. The average Bonchev–Trinajstić information content (AvgIpc) is 3.44. The summed E-state index contributed by atoms with van der Waals surface area (Å²) < 4.78 is 49.4. The number of carboxylic acid groups (broad SMARTS) is 1. The number of benzene rings is 2. The SMILES string of the molecule is Cc1cc2nc3cn2c(c1[C@H](OC(C)(C)C)C(=O)O)N1CCC(C)(CC1)OC/C=C\C[C@H](N)Oc1cc(F)c(F)cc1-c1cccc-3c1. The smallest absolute Gasteiger partial charge is 0.337 e. The van der Waals surface area contributed by atoms with Crippen LogP contribution in [0, 0.1) is 18.6 Å². The van der Waals surface area contributed by atoms with E-state index in [9.17, 15) is 18.7 Å². The number of ether oxygens (including phenoxy) is 3. The normalized spacial score (nSPS) is 21.5. The predicted octanol–water partition coefficient (Wildman–Crippen LogP) is 7.19. The molecule has 4 aromatic rings. The Morgan fingerprint density at radius 3 is 2.52 bits per heavy atom. The van der Waals surface area contributed by atoms with Crippen LogP contribution in [0.25, 0.3) is 28.0 Å². The van der Waals surface area contributed by atoms with E-state index in [1.165, 1.54) is 0 Å². The van der Waals surface area contributed by atoms with Crippen LogP contribution in [-0.4, -0.2) is 57.6 Å². The topological polar surface area (TPSA) is 112 Å². The Bertz CT molecular complexity index is 1870. The van der Waals surface area contributed by atoms with Gasteiger partial charge in [0.15, 0.2) is 24.0 Å². The Balaban J connectivity index is 1.55. The van der Waals surface area contributed by atoms with Crippen molar-refractivity contribution in [3.8, 4) is 28.1 Å². The minimum absolute atomic E-state index is 0.117. The number of anilines is 1. The molecule has 0 spiro atoms. The van der Waals surface area contributed by atoms with Crippen LogP contribution >= 0.6 is 0 Å². The molecule has 2 aromatic carbocycles. The first-order valence-electron chi connectivity index (χ1n) is 16.2. The molecule has 5 heterocycles. The number of pyridine rings is 1. The van der Waals surface area contributed by atoms with Crippen LogP contribution in [0.15, 0.2) is 60.8 Å². The van der Waals surface area contributed by atoms with Gasteiger partial charge in [0, 0.05) is 48.5 Å². The second-order valence-electron chi connectivity index (χ2n) is 13.8. The molecule has 48 heavy (non-hydrogen) atoms. The van der Waals surface area contributed by atoms with Gasteiger partial charge in [-0.25, -0.2) is 18.6 Å². The van der Waals surface area contributed by atoms with E-state index in [0.29, 0.717) is 72.8 Å². The number of piperidine rings is 1. The lowest BCUT2D eigenvalue weighted by Gasteiger charge is -2.41. The van der Waals surface area contributed by atoms with Crippen molar-refractivity contribution in [3.63, 3.8) is 0 Å². The summed E-state index contributed by atoms with van der Waals surface area (Å²) in [5, 5.41) is 10.5. The maximum Gasteiger partial charge on any atom is 0.337 e. The van der Waals surface area contributed by atoms with Crippen molar-refractivity contribution in [3.05, 3.63) is 83.6 Å². The van der Waals surface area contributed by atoms with Gasteiger partial charge in [0.2, 0.25) is 0 Å². The third kappa shape index (κ3) is 6.94. The maximum absolute atomic E-state index is 14.6. The third-order valence-corrected chi connectivity index (χ3v) is 8.88. The van der Waals surface area contributed by atoms with Gasteiger partial charge in [0.25, 0.3) is 0 Å². The fraction of sp³-hybridized carbons (Fsp3) is 0.405. The number of nitrogens with two attached hydrogens (primary N) is 1. The second kappa shape index (κ2) is 12.9. The molecule has 2 atom stereocenters. The number of aryl methyl sites for hydroxylation is 1. The van der Waals surface area contributed by atoms with E-state index in [2.05, 4.69) is 11.8 Å². The minimum atomic E-state index is -1.23. The Morgan fingerprint density at radius 1 is 1.10 bits per heavy atom. The zero-order valence-electron chi connectivity index (χ0n) is 27.9. The van der Waals surface area contributed by atoms with E-state index in [1.54, 1.807) is 6.07 Å². The van der Waals surface area contributed by atoms with Crippen LogP contribution in [0.3, 0.4) is 0 Å². The van der Waals surface area contributed by atoms with Crippen molar-refractivity contribution in [2.75, 3.05) is 24.6 Å². The molecule has 9 nitrogen and oxygen atoms in total. The lowest BCUT2D eigenvalue weighted by atomic mass is 9.92. The van der Waals surface area contributed by atoms with E-state index in [4.69, 9.17) is 24.9 Å². The average molecular weight is 661 g/mol. The molecular formula is C37H42F2N4O5. The largest absolute Gasteiger partial charge is 0.479 e. The van der Waals surface area contributed by atoms with Gasteiger partial charge in [-0.15, -0.1) is 0 Å². The van der Waals surface area contributed by atoms with E-state index in [-0.39, 0.29) is 5.75 Å². The molecule has 0 aliphatic carbocycles. The van der Waals surface area contributed by atoms with Gasteiger partial charge in [-0.2, -0.15) is 0 Å². The highest BCUT2D eigenvalue weighted by Crippen LogP contribution is 2.40. The number of imidazole rings is 1. The summed E-state index contributed by atoms with van der Waals surface area (Å²) in [7, 11) is 0. The molecular weight excluding hydrogens is 618 g/mol. The molecule has 0 saturated carbocycles. The van der Waals surface area contributed by atoms with Crippen LogP contribution in [-0.2, 0) is 14.3 Å². The fourth-order valence-corrected chi connectivity index (χ4v) is 6.41. The molecule has 0 unspecified atom stereocenters. The number of aromatic nitrogens is 2. The zero-order chi connectivity index (χ0) is 34.4. The molecule has 3 N–H and O–H groups in total. The second-order valence-corrected chi connectivity index (χ2v) is 13.8. The van der Waals surface area contributed by atoms with Gasteiger partial charge in [-0.05, 0) is 76.8 Å². The summed E-state index contributed by atoms with van der Waals surface area (Å²) in [6.45, 7) is 11.1. The standard InChI is InChI=1S/C37H42F2N4O5/c1-22-17-31-41-28-21-43(31)34(32(22)33(35(44)45)48-36(2,3)4)42-14-12-37(5,13-15-42)46-16-7-6-11-30(40)47-29-20-27(39)26(38)19-25(29)23-9-8-10-24(28)18-23/h6-10,17-21,30,33H,11-16,40H2,1-5H3,(H,44,45)/b7-6-/t30-,33+/m1/s1. The van der Waals surface area contributed by atoms with Gasteiger partial charge >= 0.3 is 5.97 Å². The first kappa shape index (κ1) is 33.6. The number of carbonyl (C=O) groups is 1. The first-order chi connectivity index (χ1) is 22.7. The molecule has 3 aliphatic rings. The van der Waals surface area contributed by atoms with E-state index >= 15 is 0 Å². The number of fused-ring (bicyclic) bond motifs is 7. The van der Waals surface area contributed by atoms with Crippen molar-refractivity contribution < 1.29 is 32.9 Å². The van der Waals surface area contributed by atoms with Gasteiger partial charge in [0.1, 0.15) is 17.2 Å². The van der Waals surface area contributed by atoms with Crippen molar-refractivity contribution in [2.45, 2.75) is 77.4 Å². The third-order valence-electron chi connectivity index (χ3n) is 8.88. The summed E-state index contributed by atoms with van der Waals surface area (Å²) >= 11 is 0. The summed E-state index contributed by atoms with van der Waals surface area (Å²) in [6.07, 6.45) is 5.34. The highest BCUT2D eigenvalue weighted by atomic mass is 19.2. The van der Waals surface area contributed by atoms with Crippen molar-refractivity contribution in [2.24, 2.45) is 5.73 Å². The van der Waals surface area contributed by atoms with Crippen LogP contribution in [0.2, 0.25) is 0 Å². The molecule has 0 amide bonds. The predicted molar refractivity (Wildman–Crippen MR) is 180 cm³/mol. The molecule has 3 aliphatic heterocycles. The van der Waals surface area contributed by atoms with Gasteiger partial charge in [0.05, 0.1) is 23.5 Å².